The summed E-state index contributed by atoms with van der Waals surface area (Å²) in [5.41, 5.74) is 0.435. The van der Waals surface area contributed by atoms with Crippen LogP contribution in [0.1, 0.15) is 64.3 Å². The summed E-state index contributed by atoms with van der Waals surface area (Å²) in [4.78, 5) is 10.9. The Morgan fingerprint density at radius 1 is 0.911 bits per heavy atom. The molecule has 0 fully saturated rings. The second-order valence-electron chi connectivity index (χ2n) is 8.91. The van der Waals surface area contributed by atoms with Gasteiger partial charge in [0, 0.05) is 18.1 Å². The predicted molar refractivity (Wildman–Crippen MR) is 212 cm³/mol. The SMILES string of the molecule is C.CC(=O)NC1CC(C)S(=O)(=O)c2sc(S(N)(=O)=O)cc21.CC1CC(O)c2cc(S(N)(=O)=O)sc2S1(=O)=O.[I][V]([I])[I].[I][V][I]. The van der Waals surface area contributed by atoms with Crippen LogP contribution < -0.4 is 15.6 Å². The van der Waals surface area contributed by atoms with Gasteiger partial charge in [-0.05, 0) is 38.8 Å². The van der Waals surface area contributed by atoms with Crippen molar-refractivity contribution < 1.29 is 58.0 Å². The molecule has 0 radical (unpaired) electrons. The Morgan fingerprint density at radius 2 is 1.24 bits per heavy atom. The van der Waals surface area contributed by atoms with E-state index in [1.807, 2.05) is 0 Å². The number of aliphatic hydroxyl groups excluding tert-OH is 1. The van der Waals surface area contributed by atoms with Gasteiger partial charge in [0.2, 0.25) is 26.0 Å². The quantitative estimate of drug-likeness (QED) is 0.294. The first kappa shape index (κ1) is 48.4. The zero-order valence-corrected chi connectivity index (χ0v) is 40.9. The summed E-state index contributed by atoms with van der Waals surface area (Å²) in [6, 6.07) is 1.86. The summed E-state index contributed by atoms with van der Waals surface area (Å²) >= 11 is 13.4. The average Bonchev–Trinajstić information content (AvgIpc) is 3.49. The summed E-state index contributed by atoms with van der Waals surface area (Å²) in [7, 11) is -14.4. The second kappa shape index (κ2) is 20.0. The Balaban J connectivity index is 0.000000706. The van der Waals surface area contributed by atoms with Crippen LogP contribution in [0.4, 0.5) is 0 Å². The van der Waals surface area contributed by atoms with E-state index in [1.165, 1.54) is 26.8 Å². The molecular formula is C19H29I5N3O10S6V2. The van der Waals surface area contributed by atoms with E-state index >= 15 is 0 Å². The summed E-state index contributed by atoms with van der Waals surface area (Å²) in [5.74, 6) is -0.309. The van der Waals surface area contributed by atoms with Crippen LogP contribution in [0.2, 0.25) is 0 Å². The first-order chi connectivity index (χ1) is 19.8. The molecule has 2 aliphatic rings. The van der Waals surface area contributed by atoms with Gasteiger partial charge >= 0.3 is 114 Å². The number of amides is 1. The molecule has 4 rings (SSSR count). The molecule has 4 atom stereocenters. The third-order valence-electron chi connectivity index (χ3n) is 5.78. The van der Waals surface area contributed by atoms with Crippen LogP contribution in [-0.4, -0.2) is 55.2 Å². The predicted octanol–water partition coefficient (Wildman–Crippen LogP) is 5.19. The molecule has 1 amide bonds. The number of aliphatic hydroxyl groups is 1. The Kier molecular flexibility index (Phi) is 21.5. The van der Waals surface area contributed by atoms with Crippen molar-refractivity contribution in [2.24, 2.45) is 10.3 Å². The van der Waals surface area contributed by atoms with Gasteiger partial charge in [0.25, 0.3) is 0 Å². The van der Waals surface area contributed by atoms with Crippen LogP contribution in [0.25, 0.3) is 0 Å². The Morgan fingerprint density at radius 3 is 1.60 bits per heavy atom. The number of primary sulfonamides is 2. The minimum atomic E-state index is -3.98. The molecule has 0 bridgehead atoms. The molecule has 2 aromatic heterocycles. The van der Waals surface area contributed by atoms with Gasteiger partial charge in [-0.1, -0.05) is 7.43 Å². The molecule has 0 saturated heterocycles. The Labute approximate surface area is 339 Å². The van der Waals surface area contributed by atoms with E-state index in [0.29, 0.717) is 37.7 Å². The number of nitrogens with two attached hydrogens (primary N) is 2. The van der Waals surface area contributed by atoms with Gasteiger partial charge in [0.15, 0.2) is 19.7 Å². The van der Waals surface area contributed by atoms with Gasteiger partial charge < -0.3 is 10.4 Å². The Hall–Kier alpha value is 3.37. The van der Waals surface area contributed by atoms with E-state index < -0.39 is 62.4 Å². The van der Waals surface area contributed by atoms with Crippen molar-refractivity contribution in [1.82, 2.24) is 5.32 Å². The molecule has 4 heterocycles. The molecule has 0 aromatic carbocycles. The molecule has 4 unspecified atom stereocenters. The zero-order chi connectivity index (χ0) is 34.6. The fraction of sp³-hybridized carbons (Fsp3) is 0.526. The summed E-state index contributed by atoms with van der Waals surface area (Å²) < 4.78 is 92.9. The molecule has 261 valence electrons. The standard InChI is InChI=1S/C10H14N2O5S3.C8H11NO5S3.CH4.5HI.2V/c1-5-3-8(12-6(2)13)7-4-9(20(11,16)17)18-10(7)19(5,14)15;1-4-2-6(10)5-3-7(17(9,13)14)15-8(5)16(4,11)12;;;;;;;;/h4-5,8H,3H2,1-2H3,(H,12,13)(H2,11,16,17);3-4,6,10H,2H2,1H3,(H2,9,13,14);1H4;5*1H;;/q;;;;;;;;+2;+3/p-5. The fourth-order valence-electron chi connectivity index (χ4n) is 3.83. The number of sulfonamides is 2. The van der Waals surface area contributed by atoms with Crippen molar-refractivity contribution >= 4 is 168 Å². The molecule has 26 heteroatoms. The first-order valence-electron chi connectivity index (χ1n) is 11.3. The van der Waals surface area contributed by atoms with Crippen LogP contribution >= 0.6 is 123 Å². The van der Waals surface area contributed by atoms with Crippen LogP contribution in [0.5, 0.6) is 0 Å². The molecule has 0 saturated carbocycles. The van der Waals surface area contributed by atoms with Crippen molar-refractivity contribution in [3.63, 3.8) is 0 Å². The number of sulfone groups is 2. The van der Waals surface area contributed by atoms with Gasteiger partial charge in [0.05, 0.1) is 22.6 Å². The molecule has 6 N–H and O–H groups in total. The van der Waals surface area contributed by atoms with Crippen molar-refractivity contribution in [3.05, 3.63) is 23.3 Å². The normalized spacial score (nSPS) is 22.7. The molecule has 2 aromatic rings. The van der Waals surface area contributed by atoms with Crippen LogP contribution in [0.3, 0.4) is 0 Å². The number of carbonyl (C=O) groups is 1. The zero-order valence-electron chi connectivity index (χ0n) is 22.4. The third kappa shape index (κ3) is 14.0. The van der Waals surface area contributed by atoms with Gasteiger partial charge in [-0.2, -0.15) is 0 Å². The first-order valence-corrected chi connectivity index (χ1v) is 41.6. The van der Waals surface area contributed by atoms with Crippen LogP contribution in [-0.2, 0) is 58.9 Å². The van der Waals surface area contributed by atoms with Gasteiger partial charge in [-0.3, -0.25) is 4.79 Å². The van der Waals surface area contributed by atoms with E-state index in [4.69, 9.17) is 10.3 Å². The van der Waals surface area contributed by atoms with Crippen molar-refractivity contribution in [3.8, 4) is 0 Å². The summed E-state index contributed by atoms with van der Waals surface area (Å²) in [6.07, 6.45) is -0.693. The fourth-order valence-corrected chi connectivity index (χ4v) is 12.6. The number of halogens is 5. The van der Waals surface area contributed by atoms with Gasteiger partial charge in [-0.15, -0.1) is 22.7 Å². The third-order valence-corrected chi connectivity index (χ3v) is 16.4. The van der Waals surface area contributed by atoms with Gasteiger partial charge in [-0.25, -0.2) is 43.9 Å². The molecule has 2 aliphatic heterocycles. The summed E-state index contributed by atoms with van der Waals surface area (Å²) in [6.45, 7) is 4.33. The van der Waals surface area contributed by atoms with Crippen LogP contribution in [0, 0.1) is 0 Å². The van der Waals surface area contributed by atoms with Crippen molar-refractivity contribution in [2.75, 3.05) is 0 Å². The molecule has 13 nitrogen and oxygen atoms in total. The number of rotatable bonds is 3. The van der Waals surface area contributed by atoms with E-state index in [2.05, 4.69) is 105 Å². The topological polar surface area (TPSA) is 238 Å². The number of nitrogens with one attached hydrogen (secondary N) is 1. The van der Waals surface area contributed by atoms with E-state index in [0.717, 1.165) is 6.07 Å². The Bertz CT molecular complexity index is 1770. The number of carbonyl (C=O) groups excluding carboxylic acids is 1. The van der Waals surface area contributed by atoms with Crippen molar-refractivity contribution in [1.29, 1.82) is 0 Å². The maximum atomic E-state index is 12.2. The number of fused-ring (bicyclic) bond motifs is 2. The molecule has 0 aliphatic carbocycles. The van der Waals surface area contributed by atoms with Gasteiger partial charge in [0.1, 0.15) is 16.8 Å². The number of thiophene rings is 2. The maximum absolute atomic E-state index is 12.2. The van der Waals surface area contributed by atoms with E-state index in [1.54, 1.807) is 0 Å². The van der Waals surface area contributed by atoms with Crippen LogP contribution in [0.15, 0.2) is 29.0 Å². The van der Waals surface area contributed by atoms with E-state index in [9.17, 15) is 43.6 Å². The molecule has 45 heavy (non-hydrogen) atoms. The molecule has 0 spiro atoms. The second-order valence-corrected chi connectivity index (χ2v) is 66.9. The average molecular weight is 1390 g/mol. The van der Waals surface area contributed by atoms with E-state index in [-0.39, 0.29) is 53.5 Å². The van der Waals surface area contributed by atoms with Crippen molar-refractivity contribution in [2.45, 2.75) is 80.5 Å². The monoisotopic (exact) mass is 1390 g/mol. The molecular weight excluding hydrogens is 1360 g/mol. The minimum absolute atomic E-state index is 0. The number of hydrogen-bond donors (Lipinski definition) is 4. The summed E-state index contributed by atoms with van der Waals surface area (Å²) in [5, 5.41) is 21.0. The number of hydrogen-bond acceptors (Lipinski definition) is 12.